The van der Waals surface area contributed by atoms with Crippen LogP contribution in [0.2, 0.25) is 0 Å². The number of ether oxygens (including phenoxy) is 5. The summed E-state index contributed by atoms with van der Waals surface area (Å²) in [6.45, 7) is 3.93. The zero-order valence-corrected chi connectivity index (χ0v) is 25.8. The van der Waals surface area contributed by atoms with Crippen LogP contribution in [0.4, 0.5) is 16.3 Å². The van der Waals surface area contributed by atoms with Crippen LogP contribution in [-0.4, -0.2) is 92.7 Å². The molecule has 46 heavy (non-hydrogen) atoms. The van der Waals surface area contributed by atoms with Crippen molar-refractivity contribution in [3.8, 4) is 23.0 Å². The molecule has 0 aliphatic carbocycles. The summed E-state index contributed by atoms with van der Waals surface area (Å²) < 4.78 is 28.3. The van der Waals surface area contributed by atoms with E-state index in [-0.39, 0.29) is 6.03 Å². The number of anilines is 2. The molecule has 12 nitrogen and oxygen atoms in total. The number of methoxy groups -OCH3 is 2. The summed E-state index contributed by atoms with van der Waals surface area (Å²) in [7, 11) is 3.25. The minimum Gasteiger partial charge on any atom is -0.487 e. The maximum atomic E-state index is 13.1. The second-order valence-corrected chi connectivity index (χ2v) is 10.6. The van der Waals surface area contributed by atoms with E-state index in [4.69, 9.17) is 23.7 Å². The summed E-state index contributed by atoms with van der Waals surface area (Å²) in [5.41, 5.74) is 2.29. The average molecular weight is 625 g/mol. The molecule has 0 bridgehead atoms. The molecule has 3 aromatic carbocycles. The van der Waals surface area contributed by atoms with Gasteiger partial charge in [0.15, 0.2) is 11.5 Å². The molecule has 0 saturated carbocycles. The lowest BCUT2D eigenvalue weighted by Crippen LogP contribution is -2.50. The van der Waals surface area contributed by atoms with Gasteiger partial charge < -0.3 is 38.8 Å². The van der Waals surface area contributed by atoms with Crippen LogP contribution in [0.15, 0.2) is 79.3 Å². The van der Waals surface area contributed by atoms with E-state index >= 15 is 0 Å². The minimum atomic E-state index is -0.160. The summed E-state index contributed by atoms with van der Waals surface area (Å²) in [4.78, 5) is 30.6. The van der Waals surface area contributed by atoms with Gasteiger partial charge in [-0.1, -0.05) is 6.07 Å². The van der Waals surface area contributed by atoms with Crippen molar-refractivity contribution < 1.29 is 28.5 Å². The molecule has 0 unspecified atom stereocenters. The van der Waals surface area contributed by atoms with Crippen LogP contribution in [0.1, 0.15) is 0 Å². The highest BCUT2D eigenvalue weighted by molar-refractivity contribution is 5.93. The smallest absolute Gasteiger partial charge is 0.321 e. The molecule has 1 aliphatic heterocycles. The first-order chi connectivity index (χ1) is 22.6. The number of carbonyl (C=O) groups is 1. The van der Waals surface area contributed by atoms with Crippen LogP contribution in [0.25, 0.3) is 21.8 Å². The first-order valence-corrected chi connectivity index (χ1v) is 15.1. The lowest BCUT2D eigenvalue weighted by atomic mass is 10.2. The number of amides is 2. The highest BCUT2D eigenvalue weighted by Crippen LogP contribution is 2.36. The summed E-state index contributed by atoms with van der Waals surface area (Å²) in [6.07, 6.45) is 3.31. The summed E-state index contributed by atoms with van der Waals surface area (Å²) in [5.74, 6) is 3.34. The van der Waals surface area contributed by atoms with E-state index in [2.05, 4.69) is 25.2 Å². The molecule has 6 rings (SSSR count). The topological polar surface area (TPSA) is 120 Å². The summed E-state index contributed by atoms with van der Waals surface area (Å²) in [6, 6.07) is 20.6. The Bertz CT molecular complexity index is 1770. The quantitative estimate of drug-likeness (QED) is 0.181. The molecule has 1 N–H and O–H groups in total. The molecule has 0 atom stereocenters. The van der Waals surface area contributed by atoms with Gasteiger partial charge in [0.1, 0.15) is 36.9 Å². The lowest BCUT2D eigenvalue weighted by molar-refractivity contribution is 0.132. The van der Waals surface area contributed by atoms with Gasteiger partial charge in [-0.2, -0.15) is 0 Å². The van der Waals surface area contributed by atoms with Gasteiger partial charge in [0.2, 0.25) is 0 Å². The molecular weight excluding hydrogens is 588 g/mol. The molecule has 1 saturated heterocycles. The van der Waals surface area contributed by atoms with E-state index in [1.54, 1.807) is 31.6 Å². The lowest BCUT2D eigenvalue weighted by Gasteiger charge is -2.35. The third-order valence-corrected chi connectivity index (χ3v) is 7.58. The van der Waals surface area contributed by atoms with Crippen molar-refractivity contribution in [1.29, 1.82) is 0 Å². The van der Waals surface area contributed by atoms with E-state index in [0.717, 1.165) is 33.4 Å². The van der Waals surface area contributed by atoms with E-state index in [1.807, 2.05) is 66.7 Å². The highest BCUT2D eigenvalue weighted by atomic mass is 16.5. The van der Waals surface area contributed by atoms with Crippen molar-refractivity contribution in [1.82, 2.24) is 19.9 Å². The van der Waals surface area contributed by atoms with Gasteiger partial charge in [-0.15, -0.1) is 0 Å². The number of piperazine rings is 1. The Labute approximate surface area is 266 Å². The van der Waals surface area contributed by atoms with Crippen LogP contribution in [-0.2, 0) is 9.47 Å². The average Bonchev–Trinajstić information content (AvgIpc) is 3.09. The number of nitrogens with one attached hydrogen (secondary N) is 1. The van der Waals surface area contributed by atoms with Crippen molar-refractivity contribution in [2.45, 2.75) is 0 Å². The van der Waals surface area contributed by atoms with E-state index in [9.17, 15) is 4.79 Å². The van der Waals surface area contributed by atoms with Crippen molar-refractivity contribution in [2.24, 2.45) is 0 Å². The number of hydrogen-bond donors (Lipinski definition) is 1. The van der Waals surface area contributed by atoms with Gasteiger partial charge in [-0.3, -0.25) is 4.98 Å². The molecule has 2 amide bonds. The Hall–Kier alpha value is -5.20. The van der Waals surface area contributed by atoms with E-state index in [1.165, 1.54) is 0 Å². The fourth-order valence-electron chi connectivity index (χ4n) is 5.22. The predicted molar refractivity (Wildman–Crippen MR) is 175 cm³/mol. The monoisotopic (exact) mass is 624 g/mol. The zero-order chi connectivity index (χ0) is 31.7. The van der Waals surface area contributed by atoms with Crippen molar-refractivity contribution in [3.05, 3.63) is 79.3 Å². The Kier molecular flexibility index (Phi) is 9.86. The minimum absolute atomic E-state index is 0.160. The third kappa shape index (κ3) is 7.19. The van der Waals surface area contributed by atoms with Gasteiger partial charge in [0, 0.05) is 69.1 Å². The van der Waals surface area contributed by atoms with Crippen molar-refractivity contribution in [3.63, 3.8) is 0 Å². The van der Waals surface area contributed by atoms with Crippen molar-refractivity contribution in [2.75, 3.05) is 77.0 Å². The molecular formula is C34H36N6O6. The number of hydrogen-bond acceptors (Lipinski definition) is 10. The zero-order valence-electron chi connectivity index (χ0n) is 25.8. The molecule has 238 valence electrons. The Balaban J connectivity index is 1.08. The van der Waals surface area contributed by atoms with Crippen molar-refractivity contribution >= 4 is 39.3 Å². The number of urea groups is 1. The Morgan fingerprint density at radius 2 is 1.48 bits per heavy atom. The first kappa shape index (κ1) is 30.8. The fourth-order valence-corrected chi connectivity index (χ4v) is 5.22. The molecule has 0 spiro atoms. The van der Waals surface area contributed by atoms with Crippen LogP contribution in [0.5, 0.6) is 23.0 Å². The van der Waals surface area contributed by atoms with E-state index < -0.39 is 0 Å². The summed E-state index contributed by atoms with van der Waals surface area (Å²) in [5, 5.41) is 4.78. The molecule has 3 heterocycles. The first-order valence-electron chi connectivity index (χ1n) is 15.1. The fraction of sp³-hybridized carbons (Fsp3) is 0.294. The molecule has 2 aromatic heterocycles. The maximum absolute atomic E-state index is 13.1. The normalized spacial score (nSPS) is 13.2. The molecule has 5 aromatic rings. The van der Waals surface area contributed by atoms with Gasteiger partial charge >= 0.3 is 6.03 Å². The predicted octanol–water partition coefficient (Wildman–Crippen LogP) is 5.37. The number of pyridine rings is 1. The van der Waals surface area contributed by atoms with Crippen LogP contribution in [0, 0.1) is 0 Å². The van der Waals surface area contributed by atoms with Crippen LogP contribution < -0.4 is 24.4 Å². The van der Waals surface area contributed by atoms with Crippen LogP contribution >= 0.6 is 0 Å². The Morgan fingerprint density at radius 1 is 0.739 bits per heavy atom. The molecule has 0 radical (unpaired) electrons. The second-order valence-electron chi connectivity index (χ2n) is 10.6. The molecule has 1 fully saturated rings. The Morgan fingerprint density at radius 3 is 2.22 bits per heavy atom. The SMILES string of the molecule is COCCOc1cc2ncnc(N3CCN(C(=O)Nc4ccc(Oc5cccc6ncccc56)cc4)CC3)c2cc1OCCOC. The molecule has 1 aliphatic rings. The van der Waals surface area contributed by atoms with Crippen LogP contribution in [0.3, 0.4) is 0 Å². The van der Waals surface area contributed by atoms with Gasteiger partial charge in [-0.05, 0) is 54.6 Å². The number of fused-ring (bicyclic) bond motifs is 2. The number of aromatic nitrogens is 3. The third-order valence-electron chi connectivity index (χ3n) is 7.58. The number of carbonyl (C=O) groups excluding carboxylic acids is 1. The number of benzene rings is 3. The summed E-state index contributed by atoms with van der Waals surface area (Å²) >= 11 is 0. The highest BCUT2D eigenvalue weighted by Gasteiger charge is 2.24. The maximum Gasteiger partial charge on any atom is 0.321 e. The van der Waals surface area contributed by atoms with Gasteiger partial charge in [0.05, 0.1) is 24.2 Å². The molecule has 12 heteroatoms. The largest absolute Gasteiger partial charge is 0.487 e. The van der Waals surface area contributed by atoms with Gasteiger partial charge in [0.25, 0.3) is 0 Å². The number of rotatable bonds is 12. The van der Waals surface area contributed by atoms with E-state index in [0.29, 0.717) is 75.5 Å². The standard InChI is InChI=1S/C34H36N6O6/c1-42-17-19-44-31-21-27-29(22-32(31)45-20-18-43-2)36-23-37-33(27)39-13-15-40(16-14-39)34(41)38-24-8-10-25(11-9-24)46-30-7-3-6-28-26(30)5-4-12-35-28/h3-12,21-23H,13-20H2,1-2H3,(H,38,41). The van der Waals surface area contributed by atoms with Gasteiger partial charge in [-0.25, -0.2) is 14.8 Å². The second kappa shape index (κ2) is 14.7. The number of nitrogens with zero attached hydrogens (tertiary/aromatic N) is 5.